The molecule has 0 radical (unpaired) electrons. The molecule has 0 bridgehead atoms. The van der Waals surface area contributed by atoms with Crippen LogP contribution < -0.4 is 18.9 Å². The average Bonchev–Trinajstić information content (AvgIpc) is 2.93. The van der Waals surface area contributed by atoms with Crippen molar-refractivity contribution in [2.75, 3.05) is 41.5 Å². The first-order chi connectivity index (χ1) is 18.4. The van der Waals surface area contributed by atoms with Crippen LogP contribution in [-0.4, -0.2) is 52.2 Å². The maximum atomic E-state index is 13.7. The summed E-state index contributed by atoms with van der Waals surface area (Å²) in [6.07, 6.45) is 3.63. The Morgan fingerprint density at radius 2 is 1.18 bits per heavy atom. The summed E-state index contributed by atoms with van der Waals surface area (Å²) in [6, 6.07) is 17.3. The van der Waals surface area contributed by atoms with Gasteiger partial charge in [-0.2, -0.15) is 0 Å². The number of likely N-dealkylation sites (tertiary alicyclic amines) is 1. The number of hydrogen-bond acceptors (Lipinski definition) is 6. The Labute approximate surface area is 233 Å². The van der Waals surface area contributed by atoms with Crippen LogP contribution in [0.1, 0.15) is 16.7 Å². The van der Waals surface area contributed by atoms with Crippen LogP contribution in [0.2, 0.25) is 10.0 Å². The molecule has 1 aliphatic rings. The molecule has 0 N–H and O–H groups in total. The number of ketones is 1. The molecule has 3 aromatic carbocycles. The summed E-state index contributed by atoms with van der Waals surface area (Å²) < 4.78 is 21.6. The summed E-state index contributed by atoms with van der Waals surface area (Å²) >= 11 is 13.3. The third-order valence-corrected chi connectivity index (χ3v) is 7.09. The summed E-state index contributed by atoms with van der Waals surface area (Å²) in [5.74, 6) is 1.79. The first-order valence-corrected chi connectivity index (χ1v) is 12.7. The van der Waals surface area contributed by atoms with Gasteiger partial charge in [0.05, 0.1) is 38.5 Å². The average molecular weight is 554 g/mol. The van der Waals surface area contributed by atoms with Crippen molar-refractivity contribution in [2.45, 2.75) is 6.54 Å². The van der Waals surface area contributed by atoms with Gasteiger partial charge in [0.15, 0.2) is 28.8 Å². The molecule has 38 heavy (non-hydrogen) atoms. The Morgan fingerprint density at radius 1 is 0.711 bits per heavy atom. The summed E-state index contributed by atoms with van der Waals surface area (Å²) in [7, 11) is 6.16. The fourth-order valence-corrected chi connectivity index (χ4v) is 5.05. The van der Waals surface area contributed by atoms with E-state index >= 15 is 0 Å². The number of nitrogens with zero attached hydrogens (tertiary/aromatic N) is 1. The molecule has 0 amide bonds. The van der Waals surface area contributed by atoms with Crippen LogP contribution in [0.4, 0.5) is 0 Å². The number of rotatable bonds is 8. The molecule has 1 saturated heterocycles. The van der Waals surface area contributed by atoms with E-state index in [9.17, 15) is 4.79 Å². The van der Waals surface area contributed by atoms with Gasteiger partial charge in [-0.05, 0) is 53.1 Å². The van der Waals surface area contributed by atoms with E-state index in [0.29, 0.717) is 75.0 Å². The van der Waals surface area contributed by atoms with E-state index < -0.39 is 0 Å². The van der Waals surface area contributed by atoms with Gasteiger partial charge >= 0.3 is 0 Å². The molecule has 1 fully saturated rings. The van der Waals surface area contributed by atoms with Crippen LogP contribution in [0, 0.1) is 0 Å². The van der Waals surface area contributed by atoms with Crippen molar-refractivity contribution in [3.8, 4) is 23.0 Å². The first kappa shape index (κ1) is 27.6. The third-order valence-electron chi connectivity index (χ3n) is 6.31. The molecule has 6 nitrogen and oxygen atoms in total. The van der Waals surface area contributed by atoms with Gasteiger partial charge in [-0.25, -0.2) is 0 Å². The SMILES string of the molecule is COc1ccc(/C=C2\CN(Cc3ccccc3)C/C(=C\c3ccc(OC)c(OC)c3Cl)C2=O)c(Cl)c1OC. The smallest absolute Gasteiger partial charge is 0.187 e. The molecular weight excluding hydrogens is 525 g/mol. The standard InChI is InChI=1S/C30H29Cl2NO5/c1-35-24-12-10-20(26(31)29(24)37-3)14-22-17-33(16-19-8-6-5-7-9-19)18-23(28(22)34)15-21-11-13-25(36-2)30(38-4)27(21)32/h5-15H,16-18H2,1-4H3/b22-14+,23-15+. The third kappa shape index (κ3) is 5.83. The van der Waals surface area contributed by atoms with Gasteiger partial charge in [0, 0.05) is 30.8 Å². The number of hydrogen-bond donors (Lipinski definition) is 0. The van der Waals surface area contributed by atoms with E-state index in [-0.39, 0.29) is 5.78 Å². The van der Waals surface area contributed by atoms with E-state index in [1.165, 1.54) is 14.2 Å². The number of halogens is 2. The number of Topliss-reactive ketones (excluding diaryl/α,β-unsaturated/α-hetero) is 1. The highest BCUT2D eigenvalue weighted by Crippen LogP contribution is 2.40. The van der Waals surface area contributed by atoms with Crippen molar-refractivity contribution in [1.82, 2.24) is 4.90 Å². The number of benzene rings is 3. The molecule has 0 unspecified atom stereocenters. The molecule has 8 heteroatoms. The van der Waals surface area contributed by atoms with Gasteiger partial charge in [0.25, 0.3) is 0 Å². The fourth-order valence-electron chi connectivity index (χ4n) is 4.47. The van der Waals surface area contributed by atoms with Crippen LogP contribution in [0.3, 0.4) is 0 Å². The maximum absolute atomic E-state index is 13.7. The number of ether oxygens (including phenoxy) is 4. The Bertz CT molecular complexity index is 1300. The largest absolute Gasteiger partial charge is 0.493 e. The van der Waals surface area contributed by atoms with Crippen molar-refractivity contribution >= 4 is 41.1 Å². The van der Waals surface area contributed by atoms with Crippen LogP contribution in [-0.2, 0) is 11.3 Å². The molecule has 1 heterocycles. The lowest BCUT2D eigenvalue weighted by atomic mass is 9.93. The minimum absolute atomic E-state index is 0.0778. The Kier molecular flexibility index (Phi) is 9.00. The van der Waals surface area contributed by atoms with E-state index in [1.54, 1.807) is 26.4 Å². The van der Waals surface area contributed by atoms with Crippen LogP contribution in [0.5, 0.6) is 23.0 Å². The van der Waals surface area contributed by atoms with E-state index in [4.69, 9.17) is 42.1 Å². The topological polar surface area (TPSA) is 57.2 Å². The molecule has 0 aliphatic carbocycles. The number of carbonyl (C=O) groups is 1. The van der Waals surface area contributed by atoms with Crippen molar-refractivity contribution < 1.29 is 23.7 Å². The van der Waals surface area contributed by atoms with E-state index in [1.807, 2.05) is 42.5 Å². The highest BCUT2D eigenvalue weighted by molar-refractivity contribution is 6.34. The van der Waals surface area contributed by atoms with Crippen LogP contribution in [0.25, 0.3) is 12.2 Å². The monoisotopic (exact) mass is 553 g/mol. The van der Waals surface area contributed by atoms with Gasteiger partial charge in [0.2, 0.25) is 0 Å². The van der Waals surface area contributed by atoms with Crippen molar-refractivity contribution in [2.24, 2.45) is 0 Å². The lowest BCUT2D eigenvalue weighted by molar-refractivity contribution is -0.113. The zero-order valence-electron chi connectivity index (χ0n) is 21.7. The lowest BCUT2D eigenvalue weighted by Gasteiger charge is -2.30. The number of carbonyl (C=O) groups excluding carboxylic acids is 1. The van der Waals surface area contributed by atoms with E-state index in [0.717, 1.165) is 5.56 Å². The highest BCUT2D eigenvalue weighted by atomic mass is 35.5. The first-order valence-electron chi connectivity index (χ1n) is 11.9. The minimum Gasteiger partial charge on any atom is -0.493 e. The zero-order valence-corrected chi connectivity index (χ0v) is 23.2. The maximum Gasteiger partial charge on any atom is 0.187 e. The van der Waals surface area contributed by atoms with Crippen molar-refractivity contribution in [1.29, 1.82) is 0 Å². The van der Waals surface area contributed by atoms with Gasteiger partial charge in [-0.3, -0.25) is 9.69 Å². The van der Waals surface area contributed by atoms with Crippen LogP contribution in [0.15, 0.2) is 65.7 Å². The second kappa shape index (κ2) is 12.4. The highest BCUT2D eigenvalue weighted by Gasteiger charge is 2.27. The summed E-state index contributed by atoms with van der Waals surface area (Å²) in [5, 5.41) is 0.751. The molecule has 0 atom stereocenters. The molecule has 198 valence electrons. The summed E-state index contributed by atoms with van der Waals surface area (Å²) in [4.78, 5) is 16.0. The normalized spacial score (nSPS) is 16.1. The molecule has 0 spiro atoms. The van der Waals surface area contributed by atoms with Crippen molar-refractivity contribution in [3.63, 3.8) is 0 Å². The molecule has 3 aromatic rings. The van der Waals surface area contributed by atoms with E-state index in [2.05, 4.69) is 17.0 Å². The molecular formula is C30H29Cl2NO5. The van der Waals surface area contributed by atoms with Crippen LogP contribution >= 0.6 is 23.2 Å². The fraction of sp³-hybridized carbons (Fsp3) is 0.233. The molecule has 0 saturated carbocycles. The Morgan fingerprint density at radius 3 is 1.61 bits per heavy atom. The molecule has 0 aromatic heterocycles. The van der Waals surface area contributed by atoms with Gasteiger partial charge < -0.3 is 18.9 Å². The second-order valence-corrected chi connectivity index (χ2v) is 9.46. The number of methoxy groups -OCH3 is 4. The number of piperidine rings is 1. The van der Waals surface area contributed by atoms with Gasteiger partial charge in [0.1, 0.15) is 0 Å². The summed E-state index contributed by atoms with van der Waals surface area (Å²) in [5.41, 5.74) is 3.68. The van der Waals surface area contributed by atoms with Gasteiger partial charge in [-0.1, -0.05) is 53.5 Å². The molecule has 1 aliphatic heterocycles. The quantitative estimate of drug-likeness (QED) is 0.293. The lowest BCUT2D eigenvalue weighted by Crippen LogP contribution is -2.37. The van der Waals surface area contributed by atoms with Gasteiger partial charge in [-0.15, -0.1) is 0 Å². The minimum atomic E-state index is -0.0778. The predicted molar refractivity (Wildman–Crippen MR) is 152 cm³/mol. The Hall–Kier alpha value is -3.45. The predicted octanol–water partition coefficient (Wildman–Crippen LogP) is 6.58. The zero-order chi connectivity index (χ0) is 27.2. The van der Waals surface area contributed by atoms with Crippen molar-refractivity contribution in [3.05, 3.63) is 92.5 Å². The summed E-state index contributed by atoms with van der Waals surface area (Å²) in [6.45, 7) is 1.58. The second-order valence-electron chi connectivity index (χ2n) is 8.71. The Balaban J connectivity index is 1.78. The molecule has 4 rings (SSSR count).